The molecule has 0 saturated carbocycles. The lowest BCUT2D eigenvalue weighted by Gasteiger charge is -2.34. The summed E-state index contributed by atoms with van der Waals surface area (Å²) in [5.41, 5.74) is 1.75. The van der Waals surface area contributed by atoms with Crippen molar-refractivity contribution in [2.75, 3.05) is 45.1 Å². The first kappa shape index (κ1) is 21.8. The van der Waals surface area contributed by atoms with E-state index < -0.39 is 0 Å². The van der Waals surface area contributed by atoms with Crippen LogP contribution in [0.3, 0.4) is 0 Å². The van der Waals surface area contributed by atoms with E-state index in [1.807, 2.05) is 45.9 Å². The molecule has 0 spiro atoms. The van der Waals surface area contributed by atoms with Gasteiger partial charge in [-0.3, -0.25) is 19.2 Å². The van der Waals surface area contributed by atoms with Crippen LogP contribution in [0.1, 0.15) is 0 Å². The molecular formula is C21H23ClN6O2S. The van der Waals surface area contributed by atoms with E-state index >= 15 is 0 Å². The highest BCUT2D eigenvalue weighted by Crippen LogP contribution is 2.28. The Bertz CT molecular complexity index is 1010. The van der Waals surface area contributed by atoms with Gasteiger partial charge in [-0.05, 0) is 36.4 Å². The molecule has 1 aliphatic rings. The van der Waals surface area contributed by atoms with E-state index in [-0.39, 0.29) is 18.3 Å². The van der Waals surface area contributed by atoms with Crippen LogP contribution in [-0.4, -0.2) is 85.6 Å². The SMILES string of the molecule is O=C(CSc1nnc(-c2ccncc2)n1-c1ccc(Cl)cc1)N1CCN(CCO)CC1. The lowest BCUT2D eigenvalue weighted by Crippen LogP contribution is -2.49. The largest absolute Gasteiger partial charge is 0.395 e. The van der Waals surface area contributed by atoms with Crippen molar-refractivity contribution < 1.29 is 9.90 Å². The minimum absolute atomic E-state index is 0.0739. The van der Waals surface area contributed by atoms with Crippen LogP contribution in [0.5, 0.6) is 0 Å². The second-order valence-corrected chi connectivity index (χ2v) is 8.47. The van der Waals surface area contributed by atoms with Gasteiger partial charge in [0.25, 0.3) is 0 Å². The van der Waals surface area contributed by atoms with E-state index in [1.54, 1.807) is 12.4 Å². The first-order valence-corrected chi connectivity index (χ1v) is 11.4. The van der Waals surface area contributed by atoms with Crippen molar-refractivity contribution in [2.24, 2.45) is 0 Å². The summed E-state index contributed by atoms with van der Waals surface area (Å²) in [7, 11) is 0. The molecule has 8 nitrogen and oxygen atoms in total. The zero-order valence-corrected chi connectivity index (χ0v) is 18.5. The fourth-order valence-electron chi connectivity index (χ4n) is 3.45. The van der Waals surface area contributed by atoms with Crippen molar-refractivity contribution in [1.29, 1.82) is 0 Å². The van der Waals surface area contributed by atoms with E-state index in [9.17, 15) is 4.79 Å². The minimum atomic E-state index is 0.0739. The lowest BCUT2D eigenvalue weighted by atomic mass is 10.2. The van der Waals surface area contributed by atoms with Gasteiger partial charge in [0.15, 0.2) is 11.0 Å². The quantitative estimate of drug-likeness (QED) is 0.543. The van der Waals surface area contributed by atoms with Crippen molar-refractivity contribution in [3.63, 3.8) is 0 Å². The predicted molar refractivity (Wildman–Crippen MR) is 120 cm³/mol. The molecule has 0 aliphatic carbocycles. The Labute approximate surface area is 189 Å². The maximum absolute atomic E-state index is 12.8. The van der Waals surface area contributed by atoms with Gasteiger partial charge in [0.1, 0.15) is 0 Å². The van der Waals surface area contributed by atoms with Gasteiger partial charge in [-0.15, -0.1) is 10.2 Å². The monoisotopic (exact) mass is 458 g/mol. The standard InChI is InChI=1S/C21H23ClN6O2S/c22-17-1-3-18(4-2-17)28-20(16-5-7-23-8-6-16)24-25-21(28)31-15-19(30)27-11-9-26(10-12-27)13-14-29/h1-8,29H,9-15H2. The molecule has 2 aromatic heterocycles. The number of amides is 1. The van der Waals surface area contributed by atoms with Crippen LogP contribution in [0, 0.1) is 0 Å². The van der Waals surface area contributed by atoms with Crippen LogP contribution in [0.2, 0.25) is 5.02 Å². The number of benzene rings is 1. The topological polar surface area (TPSA) is 87.4 Å². The van der Waals surface area contributed by atoms with Crippen LogP contribution < -0.4 is 0 Å². The van der Waals surface area contributed by atoms with E-state index in [2.05, 4.69) is 20.1 Å². The molecule has 0 unspecified atom stereocenters. The van der Waals surface area contributed by atoms with E-state index in [0.717, 1.165) is 24.3 Å². The summed E-state index contributed by atoms with van der Waals surface area (Å²) in [6.45, 7) is 3.70. The van der Waals surface area contributed by atoms with Crippen LogP contribution >= 0.6 is 23.4 Å². The summed E-state index contributed by atoms with van der Waals surface area (Å²) in [6, 6.07) is 11.2. The summed E-state index contributed by atoms with van der Waals surface area (Å²) in [5.74, 6) is 1.03. The Morgan fingerprint density at radius 1 is 1.03 bits per heavy atom. The molecule has 31 heavy (non-hydrogen) atoms. The second kappa shape index (κ2) is 10.2. The van der Waals surface area contributed by atoms with Crippen LogP contribution in [0.25, 0.3) is 17.1 Å². The van der Waals surface area contributed by atoms with Crippen molar-refractivity contribution in [1.82, 2.24) is 29.5 Å². The van der Waals surface area contributed by atoms with Gasteiger partial charge in [-0.1, -0.05) is 23.4 Å². The smallest absolute Gasteiger partial charge is 0.233 e. The summed E-state index contributed by atoms with van der Waals surface area (Å²) in [6.07, 6.45) is 3.42. The molecule has 10 heteroatoms. The molecule has 1 amide bonds. The average molecular weight is 459 g/mol. The molecule has 0 atom stereocenters. The second-order valence-electron chi connectivity index (χ2n) is 7.09. The maximum atomic E-state index is 12.8. The molecule has 0 radical (unpaired) electrons. The predicted octanol–water partition coefficient (Wildman–Crippen LogP) is 2.21. The van der Waals surface area contributed by atoms with Gasteiger partial charge in [0.05, 0.1) is 12.4 Å². The molecule has 1 fully saturated rings. The number of halogens is 1. The number of carbonyl (C=O) groups is 1. The Morgan fingerprint density at radius 3 is 2.42 bits per heavy atom. The normalized spacial score (nSPS) is 14.7. The fourth-order valence-corrected chi connectivity index (χ4v) is 4.43. The Morgan fingerprint density at radius 2 is 1.74 bits per heavy atom. The molecule has 4 rings (SSSR count). The number of thioether (sulfide) groups is 1. The number of carbonyl (C=O) groups excluding carboxylic acids is 1. The number of aromatic nitrogens is 4. The molecule has 3 heterocycles. The molecule has 1 saturated heterocycles. The molecule has 1 aliphatic heterocycles. The third-order valence-electron chi connectivity index (χ3n) is 5.12. The first-order valence-electron chi connectivity index (χ1n) is 10.0. The summed E-state index contributed by atoms with van der Waals surface area (Å²) in [4.78, 5) is 20.9. The highest BCUT2D eigenvalue weighted by atomic mass is 35.5. The minimum Gasteiger partial charge on any atom is -0.395 e. The van der Waals surface area contributed by atoms with E-state index in [1.165, 1.54) is 11.8 Å². The van der Waals surface area contributed by atoms with Gasteiger partial charge < -0.3 is 10.0 Å². The van der Waals surface area contributed by atoms with Crippen molar-refractivity contribution in [2.45, 2.75) is 5.16 Å². The van der Waals surface area contributed by atoms with Crippen LogP contribution in [-0.2, 0) is 4.79 Å². The molecule has 1 aromatic carbocycles. The number of rotatable bonds is 7. The molecule has 3 aromatic rings. The molecular weight excluding hydrogens is 436 g/mol. The summed E-state index contributed by atoms with van der Waals surface area (Å²) < 4.78 is 1.93. The Kier molecular flexibility index (Phi) is 7.18. The Hall–Kier alpha value is -2.46. The maximum Gasteiger partial charge on any atom is 0.233 e. The lowest BCUT2D eigenvalue weighted by molar-refractivity contribution is -0.130. The Balaban J connectivity index is 1.51. The molecule has 0 bridgehead atoms. The van der Waals surface area contributed by atoms with Crippen LogP contribution in [0.15, 0.2) is 53.9 Å². The molecule has 162 valence electrons. The van der Waals surface area contributed by atoms with Gasteiger partial charge in [0.2, 0.25) is 5.91 Å². The zero-order chi connectivity index (χ0) is 21.6. The fraction of sp³-hybridized carbons (Fsp3) is 0.333. The summed E-state index contributed by atoms with van der Waals surface area (Å²) >= 11 is 7.44. The van der Waals surface area contributed by atoms with Crippen molar-refractivity contribution >= 4 is 29.3 Å². The van der Waals surface area contributed by atoms with E-state index in [4.69, 9.17) is 16.7 Å². The third kappa shape index (κ3) is 5.24. The van der Waals surface area contributed by atoms with Gasteiger partial charge in [0, 0.05) is 61.4 Å². The number of aliphatic hydroxyl groups is 1. The summed E-state index contributed by atoms with van der Waals surface area (Å²) in [5, 5.41) is 19.1. The van der Waals surface area contributed by atoms with Crippen molar-refractivity contribution in [3.05, 3.63) is 53.8 Å². The van der Waals surface area contributed by atoms with Gasteiger partial charge in [-0.2, -0.15) is 0 Å². The number of pyridine rings is 1. The number of aliphatic hydroxyl groups excluding tert-OH is 1. The highest BCUT2D eigenvalue weighted by Gasteiger charge is 2.22. The van der Waals surface area contributed by atoms with E-state index in [0.29, 0.717) is 35.6 Å². The van der Waals surface area contributed by atoms with Gasteiger partial charge >= 0.3 is 0 Å². The zero-order valence-electron chi connectivity index (χ0n) is 16.9. The first-order chi connectivity index (χ1) is 15.2. The number of β-amino-alcohol motifs (C(OH)–C–C–N with tert-alkyl or cyclic N) is 1. The van der Waals surface area contributed by atoms with Crippen LogP contribution in [0.4, 0.5) is 0 Å². The van der Waals surface area contributed by atoms with Crippen molar-refractivity contribution in [3.8, 4) is 17.1 Å². The highest BCUT2D eigenvalue weighted by molar-refractivity contribution is 7.99. The van der Waals surface area contributed by atoms with Gasteiger partial charge in [-0.25, -0.2) is 0 Å². The number of piperazine rings is 1. The average Bonchev–Trinajstić information content (AvgIpc) is 3.23. The number of nitrogens with zero attached hydrogens (tertiary/aromatic N) is 6. The third-order valence-corrected chi connectivity index (χ3v) is 6.29. The number of hydrogen-bond acceptors (Lipinski definition) is 7. The number of hydrogen-bond donors (Lipinski definition) is 1. The molecule has 1 N–H and O–H groups in total.